The minimum Gasteiger partial charge on any atom is -0.313 e. The maximum atomic E-state index is 11.4. The first-order chi connectivity index (χ1) is 7.86. The maximum Gasteiger partial charge on any atom is 0.238 e. The molecular formula is C11H17BrN2O2S. The number of sulfonamides is 1. The average molecular weight is 321 g/mol. The van der Waals surface area contributed by atoms with Crippen molar-refractivity contribution < 1.29 is 8.42 Å². The Kier molecular flexibility index (Phi) is 5.12. The lowest BCUT2D eigenvalue weighted by atomic mass is 10.1. The van der Waals surface area contributed by atoms with Gasteiger partial charge in [0.25, 0.3) is 0 Å². The van der Waals surface area contributed by atoms with Gasteiger partial charge < -0.3 is 5.32 Å². The third-order valence-electron chi connectivity index (χ3n) is 2.42. The summed E-state index contributed by atoms with van der Waals surface area (Å²) in [6, 6.07) is 3.53. The second-order valence-corrected chi connectivity index (χ2v) is 6.31. The molecule has 17 heavy (non-hydrogen) atoms. The Bertz CT molecular complexity index is 500. The molecule has 4 nitrogen and oxygen atoms in total. The van der Waals surface area contributed by atoms with Crippen LogP contribution in [0.5, 0.6) is 0 Å². The third-order valence-corrected chi connectivity index (χ3v) is 4.28. The Balaban J connectivity index is 3.07. The summed E-state index contributed by atoms with van der Waals surface area (Å²) in [4.78, 5) is 0.181. The summed E-state index contributed by atoms with van der Waals surface area (Å²) in [5, 5.41) is 8.40. The van der Waals surface area contributed by atoms with Gasteiger partial charge in [-0.3, -0.25) is 0 Å². The quantitative estimate of drug-likeness (QED) is 0.814. The van der Waals surface area contributed by atoms with Crippen LogP contribution >= 0.6 is 15.9 Å². The van der Waals surface area contributed by atoms with E-state index in [0.29, 0.717) is 12.1 Å². The van der Waals surface area contributed by atoms with E-state index in [-0.39, 0.29) is 4.90 Å². The Hall–Kier alpha value is -0.430. The molecule has 1 aromatic carbocycles. The van der Waals surface area contributed by atoms with E-state index < -0.39 is 10.0 Å². The lowest BCUT2D eigenvalue weighted by molar-refractivity contribution is 0.596. The Morgan fingerprint density at radius 2 is 2.06 bits per heavy atom. The molecule has 1 aromatic rings. The Morgan fingerprint density at radius 1 is 1.41 bits per heavy atom. The molecule has 0 amide bonds. The first-order valence-corrected chi connectivity index (χ1v) is 7.72. The minimum atomic E-state index is -3.67. The van der Waals surface area contributed by atoms with E-state index >= 15 is 0 Å². The molecule has 0 atom stereocenters. The van der Waals surface area contributed by atoms with Crippen LogP contribution in [-0.4, -0.2) is 15.0 Å². The van der Waals surface area contributed by atoms with Crippen LogP contribution in [0.1, 0.15) is 24.5 Å². The highest BCUT2D eigenvalue weighted by Gasteiger charge is 2.14. The molecule has 96 valence electrons. The van der Waals surface area contributed by atoms with Gasteiger partial charge in [-0.1, -0.05) is 22.9 Å². The Morgan fingerprint density at radius 3 is 2.59 bits per heavy atom. The van der Waals surface area contributed by atoms with Gasteiger partial charge in [-0.05, 0) is 43.1 Å². The predicted molar refractivity (Wildman–Crippen MR) is 72.2 cm³/mol. The van der Waals surface area contributed by atoms with Gasteiger partial charge in [-0.25, -0.2) is 13.6 Å². The van der Waals surface area contributed by atoms with Crippen LogP contribution < -0.4 is 10.5 Å². The van der Waals surface area contributed by atoms with Gasteiger partial charge >= 0.3 is 0 Å². The van der Waals surface area contributed by atoms with Gasteiger partial charge in [-0.2, -0.15) is 0 Å². The molecule has 0 bridgehead atoms. The average Bonchev–Trinajstić information content (AvgIpc) is 2.21. The normalized spacial score (nSPS) is 11.8. The van der Waals surface area contributed by atoms with Crippen LogP contribution in [0.4, 0.5) is 0 Å². The van der Waals surface area contributed by atoms with Gasteiger partial charge in [0.15, 0.2) is 0 Å². The third kappa shape index (κ3) is 4.06. The van der Waals surface area contributed by atoms with Crippen molar-refractivity contribution in [2.45, 2.75) is 31.7 Å². The molecule has 0 radical (unpaired) electrons. The largest absolute Gasteiger partial charge is 0.313 e. The van der Waals surface area contributed by atoms with Crippen LogP contribution in [0.2, 0.25) is 0 Å². The zero-order chi connectivity index (χ0) is 13.1. The van der Waals surface area contributed by atoms with Crippen molar-refractivity contribution in [1.29, 1.82) is 0 Å². The smallest absolute Gasteiger partial charge is 0.238 e. The molecule has 0 spiro atoms. The predicted octanol–water partition coefficient (Wildman–Crippen LogP) is 1.90. The first-order valence-electron chi connectivity index (χ1n) is 5.38. The van der Waals surface area contributed by atoms with Crippen molar-refractivity contribution in [3.63, 3.8) is 0 Å². The van der Waals surface area contributed by atoms with Crippen molar-refractivity contribution in [3.05, 3.63) is 27.7 Å². The standard InChI is InChI=1S/C11H17BrN2O2S/c1-3-4-14-7-9-5-10(12)8(2)11(6-9)17(13,15)16/h5-6,14H,3-4,7H2,1-2H3,(H2,13,15,16). The number of primary sulfonamides is 1. The van der Waals surface area contributed by atoms with Gasteiger partial charge in [-0.15, -0.1) is 0 Å². The Labute approximate surface area is 111 Å². The second kappa shape index (κ2) is 5.95. The number of halogens is 1. The first kappa shape index (κ1) is 14.6. The highest BCUT2D eigenvalue weighted by molar-refractivity contribution is 9.10. The van der Waals surface area contributed by atoms with Crippen molar-refractivity contribution in [2.24, 2.45) is 5.14 Å². The lowest BCUT2D eigenvalue weighted by Crippen LogP contribution is -2.17. The van der Waals surface area contributed by atoms with Crippen molar-refractivity contribution in [3.8, 4) is 0 Å². The molecule has 0 unspecified atom stereocenters. The number of hydrogen-bond acceptors (Lipinski definition) is 3. The lowest BCUT2D eigenvalue weighted by Gasteiger charge is -2.10. The number of nitrogens with one attached hydrogen (secondary N) is 1. The number of benzene rings is 1. The molecule has 0 aliphatic rings. The SMILES string of the molecule is CCCNCc1cc(Br)c(C)c(S(N)(=O)=O)c1. The van der Waals surface area contributed by atoms with Crippen molar-refractivity contribution >= 4 is 26.0 Å². The summed E-state index contributed by atoms with van der Waals surface area (Å²) in [5.41, 5.74) is 1.55. The molecule has 1 rings (SSSR count). The fourth-order valence-corrected chi connectivity index (χ4v) is 3.01. The second-order valence-electron chi connectivity index (χ2n) is 3.92. The van der Waals surface area contributed by atoms with Crippen molar-refractivity contribution in [1.82, 2.24) is 5.32 Å². The van der Waals surface area contributed by atoms with Gasteiger partial charge in [0.1, 0.15) is 0 Å². The molecule has 0 aliphatic heterocycles. The summed E-state index contributed by atoms with van der Waals surface area (Å²) in [7, 11) is -3.67. The summed E-state index contributed by atoms with van der Waals surface area (Å²) in [6.45, 7) is 5.34. The molecular weight excluding hydrogens is 304 g/mol. The van der Waals surface area contributed by atoms with Crippen LogP contribution in [0.3, 0.4) is 0 Å². The highest BCUT2D eigenvalue weighted by atomic mass is 79.9. The molecule has 6 heteroatoms. The fraction of sp³-hybridized carbons (Fsp3) is 0.455. The fourth-order valence-electron chi connectivity index (χ4n) is 1.51. The van der Waals surface area contributed by atoms with Crippen molar-refractivity contribution in [2.75, 3.05) is 6.54 Å². The minimum absolute atomic E-state index is 0.181. The summed E-state index contributed by atoms with van der Waals surface area (Å²) in [5.74, 6) is 0. The topological polar surface area (TPSA) is 72.2 Å². The molecule has 0 heterocycles. The van der Waals surface area contributed by atoms with E-state index in [1.807, 2.05) is 6.07 Å². The zero-order valence-corrected chi connectivity index (χ0v) is 12.4. The molecule has 0 aliphatic carbocycles. The molecule has 3 N–H and O–H groups in total. The highest BCUT2D eigenvalue weighted by Crippen LogP contribution is 2.24. The molecule has 0 fully saturated rings. The van der Waals surface area contributed by atoms with E-state index in [1.54, 1.807) is 13.0 Å². The monoisotopic (exact) mass is 320 g/mol. The van der Waals surface area contributed by atoms with Gasteiger partial charge in [0.2, 0.25) is 10.0 Å². The molecule has 0 aromatic heterocycles. The van der Waals surface area contributed by atoms with E-state index in [9.17, 15) is 8.42 Å². The summed E-state index contributed by atoms with van der Waals surface area (Å²) < 4.78 is 23.6. The maximum absolute atomic E-state index is 11.4. The van der Waals surface area contributed by atoms with E-state index in [2.05, 4.69) is 28.2 Å². The van der Waals surface area contributed by atoms with E-state index in [1.165, 1.54) is 0 Å². The number of rotatable bonds is 5. The summed E-state index contributed by atoms with van der Waals surface area (Å²) in [6.07, 6.45) is 1.04. The van der Waals surface area contributed by atoms with Gasteiger partial charge in [0.05, 0.1) is 4.90 Å². The van der Waals surface area contributed by atoms with Crippen LogP contribution in [0, 0.1) is 6.92 Å². The van der Waals surface area contributed by atoms with Crippen LogP contribution in [0.15, 0.2) is 21.5 Å². The molecule has 0 saturated carbocycles. The summed E-state index contributed by atoms with van der Waals surface area (Å²) >= 11 is 3.35. The van der Waals surface area contributed by atoms with E-state index in [0.717, 1.165) is 23.0 Å². The number of hydrogen-bond donors (Lipinski definition) is 2. The van der Waals surface area contributed by atoms with Crippen LogP contribution in [-0.2, 0) is 16.6 Å². The van der Waals surface area contributed by atoms with E-state index in [4.69, 9.17) is 5.14 Å². The molecule has 0 saturated heterocycles. The number of nitrogens with two attached hydrogens (primary N) is 1. The zero-order valence-electron chi connectivity index (χ0n) is 9.96. The van der Waals surface area contributed by atoms with Gasteiger partial charge in [0, 0.05) is 11.0 Å². The van der Waals surface area contributed by atoms with Crippen LogP contribution in [0.25, 0.3) is 0 Å².